The van der Waals surface area contributed by atoms with E-state index in [1.54, 1.807) is 18.4 Å². The lowest BCUT2D eigenvalue weighted by atomic mass is 10.1. The molecule has 3 nitrogen and oxygen atoms in total. The predicted octanol–water partition coefficient (Wildman–Crippen LogP) is 4.05. The van der Waals surface area contributed by atoms with E-state index >= 15 is 0 Å². The lowest BCUT2D eigenvalue weighted by Gasteiger charge is -2.08. The van der Waals surface area contributed by atoms with Gasteiger partial charge in [-0.3, -0.25) is 0 Å². The molecular weight excluding hydrogens is 268 g/mol. The third-order valence-electron chi connectivity index (χ3n) is 3.14. The van der Waals surface area contributed by atoms with Crippen LogP contribution in [-0.4, -0.2) is 12.1 Å². The van der Waals surface area contributed by atoms with Crippen molar-refractivity contribution in [3.63, 3.8) is 0 Å². The molecule has 0 amide bonds. The van der Waals surface area contributed by atoms with Gasteiger partial charge in [0.1, 0.15) is 0 Å². The van der Waals surface area contributed by atoms with Crippen LogP contribution in [-0.2, 0) is 17.9 Å². The molecule has 0 unspecified atom stereocenters. The highest BCUT2D eigenvalue weighted by Gasteiger charge is 2.05. The van der Waals surface area contributed by atoms with Gasteiger partial charge in [0.2, 0.25) is 0 Å². The molecule has 1 aromatic heterocycles. The summed E-state index contributed by atoms with van der Waals surface area (Å²) >= 11 is 1.68. The van der Waals surface area contributed by atoms with Gasteiger partial charge >= 0.3 is 0 Å². The molecule has 0 spiro atoms. The number of rotatable bonds is 5. The average molecular weight is 284 g/mol. The van der Waals surface area contributed by atoms with Crippen molar-refractivity contribution in [2.75, 3.05) is 12.4 Å². The first-order valence-electron chi connectivity index (χ1n) is 6.52. The molecule has 3 rings (SSSR count). The molecule has 0 aliphatic carbocycles. The van der Waals surface area contributed by atoms with E-state index in [9.17, 15) is 0 Å². The Balaban J connectivity index is 1.76. The fourth-order valence-electron chi connectivity index (χ4n) is 2.14. The quantitative estimate of drug-likeness (QED) is 0.767. The summed E-state index contributed by atoms with van der Waals surface area (Å²) in [4.78, 5) is 4.58. The van der Waals surface area contributed by atoms with Crippen molar-refractivity contribution in [3.05, 3.63) is 59.7 Å². The minimum atomic E-state index is 0.637. The summed E-state index contributed by atoms with van der Waals surface area (Å²) < 4.78 is 6.44. The van der Waals surface area contributed by atoms with Crippen molar-refractivity contribution >= 4 is 26.7 Å². The van der Waals surface area contributed by atoms with Gasteiger partial charge in [-0.1, -0.05) is 47.7 Å². The molecule has 20 heavy (non-hydrogen) atoms. The number of ether oxygens (including phenoxy) is 1. The molecule has 1 N–H and O–H groups in total. The molecule has 0 saturated carbocycles. The molecule has 1 heterocycles. The number of nitrogens with zero attached hydrogens (tertiary/aromatic N) is 1. The Morgan fingerprint density at radius 2 is 1.80 bits per heavy atom. The highest BCUT2D eigenvalue weighted by Crippen LogP contribution is 2.26. The van der Waals surface area contributed by atoms with Crippen LogP contribution in [0.25, 0.3) is 10.2 Å². The molecule has 0 atom stereocenters. The lowest BCUT2D eigenvalue weighted by Crippen LogP contribution is -2.03. The molecule has 102 valence electrons. The Morgan fingerprint density at radius 1 is 1.05 bits per heavy atom. The molecule has 4 heteroatoms. The van der Waals surface area contributed by atoms with Crippen molar-refractivity contribution < 1.29 is 4.74 Å². The van der Waals surface area contributed by atoms with Crippen LogP contribution in [0.1, 0.15) is 11.1 Å². The number of hydrogen-bond acceptors (Lipinski definition) is 4. The molecule has 0 radical (unpaired) electrons. The van der Waals surface area contributed by atoms with Crippen molar-refractivity contribution in [1.29, 1.82) is 0 Å². The van der Waals surface area contributed by atoms with E-state index in [1.807, 2.05) is 24.3 Å². The predicted molar refractivity (Wildman–Crippen MR) is 84.1 cm³/mol. The number of aromatic nitrogens is 1. The summed E-state index contributed by atoms with van der Waals surface area (Å²) in [6.45, 7) is 1.40. The van der Waals surface area contributed by atoms with Gasteiger partial charge in [0.15, 0.2) is 5.13 Å². The van der Waals surface area contributed by atoms with E-state index in [-0.39, 0.29) is 0 Å². The van der Waals surface area contributed by atoms with Crippen LogP contribution in [0.15, 0.2) is 48.5 Å². The summed E-state index contributed by atoms with van der Waals surface area (Å²) in [5.41, 5.74) is 3.50. The normalized spacial score (nSPS) is 10.8. The number of hydrogen-bond donors (Lipinski definition) is 1. The number of nitrogens with one attached hydrogen (secondary N) is 1. The van der Waals surface area contributed by atoms with Crippen molar-refractivity contribution in [2.24, 2.45) is 0 Å². The largest absolute Gasteiger partial charge is 0.380 e. The molecule has 0 saturated heterocycles. The first kappa shape index (κ1) is 13.1. The monoisotopic (exact) mass is 284 g/mol. The average Bonchev–Trinajstić information content (AvgIpc) is 2.89. The van der Waals surface area contributed by atoms with Crippen LogP contribution >= 0.6 is 11.3 Å². The molecular formula is C16H16N2OS. The highest BCUT2D eigenvalue weighted by atomic mass is 32.1. The first-order chi connectivity index (χ1) is 9.86. The minimum Gasteiger partial charge on any atom is -0.380 e. The van der Waals surface area contributed by atoms with Gasteiger partial charge in [-0.25, -0.2) is 4.98 Å². The van der Waals surface area contributed by atoms with Crippen LogP contribution in [0.4, 0.5) is 5.13 Å². The van der Waals surface area contributed by atoms with Gasteiger partial charge in [-0.15, -0.1) is 0 Å². The van der Waals surface area contributed by atoms with E-state index in [0.717, 1.165) is 17.2 Å². The number of fused-ring (bicyclic) bond motifs is 1. The number of benzene rings is 2. The van der Waals surface area contributed by atoms with Gasteiger partial charge < -0.3 is 10.1 Å². The molecule has 2 aromatic carbocycles. The fraction of sp³-hybridized carbons (Fsp3) is 0.188. The Bertz CT molecular complexity index is 675. The molecule has 0 aliphatic rings. The topological polar surface area (TPSA) is 34.1 Å². The van der Waals surface area contributed by atoms with Gasteiger partial charge in [0.05, 0.1) is 16.8 Å². The van der Waals surface area contributed by atoms with Crippen LogP contribution in [0.2, 0.25) is 0 Å². The number of thiazole rings is 1. The Labute approximate surface area is 122 Å². The van der Waals surface area contributed by atoms with E-state index < -0.39 is 0 Å². The van der Waals surface area contributed by atoms with E-state index in [0.29, 0.717) is 6.61 Å². The van der Waals surface area contributed by atoms with Gasteiger partial charge in [-0.2, -0.15) is 0 Å². The number of methoxy groups -OCH3 is 1. The van der Waals surface area contributed by atoms with Gasteiger partial charge in [-0.05, 0) is 23.3 Å². The summed E-state index contributed by atoms with van der Waals surface area (Å²) in [5, 5.41) is 4.36. The molecule has 0 aliphatic heterocycles. The van der Waals surface area contributed by atoms with Crippen LogP contribution < -0.4 is 5.32 Å². The standard InChI is InChI=1S/C16H16N2OS/c1-19-11-13-7-3-2-6-12(13)10-17-16-18-14-8-4-5-9-15(14)20-16/h2-9H,10-11H2,1H3,(H,17,18). The summed E-state index contributed by atoms with van der Waals surface area (Å²) in [6, 6.07) is 16.5. The maximum Gasteiger partial charge on any atom is 0.184 e. The Kier molecular flexibility index (Phi) is 3.95. The van der Waals surface area contributed by atoms with E-state index in [1.165, 1.54) is 15.8 Å². The van der Waals surface area contributed by atoms with Crippen molar-refractivity contribution in [1.82, 2.24) is 4.98 Å². The van der Waals surface area contributed by atoms with Crippen molar-refractivity contribution in [3.8, 4) is 0 Å². The zero-order valence-electron chi connectivity index (χ0n) is 11.3. The maximum atomic E-state index is 5.23. The van der Waals surface area contributed by atoms with Crippen LogP contribution in [0, 0.1) is 0 Å². The summed E-state index contributed by atoms with van der Waals surface area (Å²) in [7, 11) is 1.72. The highest BCUT2D eigenvalue weighted by molar-refractivity contribution is 7.22. The zero-order chi connectivity index (χ0) is 13.8. The third-order valence-corrected chi connectivity index (χ3v) is 4.14. The molecule has 0 fully saturated rings. The smallest absolute Gasteiger partial charge is 0.184 e. The van der Waals surface area contributed by atoms with E-state index in [2.05, 4.69) is 34.6 Å². The van der Waals surface area contributed by atoms with Crippen molar-refractivity contribution in [2.45, 2.75) is 13.2 Å². The lowest BCUT2D eigenvalue weighted by molar-refractivity contribution is 0.184. The second kappa shape index (κ2) is 6.03. The first-order valence-corrected chi connectivity index (χ1v) is 7.33. The Hall–Kier alpha value is -1.91. The van der Waals surface area contributed by atoms with Crippen LogP contribution in [0.3, 0.4) is 0 Å². The second-order valence-electron chi connectivity index (χ2n) is 4.54. The van der Waals surface area contributed by atoms with Gasteiger partial charge in [0, 0.05) is 13.7 Å². The molecule has 0 bridgehead atoms. The fourth-order valence-corrected chi connectivity index (χ4v) is 3.01. The molecule has 3 aromatic rings. The maximum absolute atomic E-state index is 5.23. The van der Waals surface area contributed by atoms with Crippen LogP contribution in [0.5, 0.6) is 0 Å². The Morgan fingerprint density at radius 3 is 2.60 bits per heavy atom. The van der Waals surface area contributed by atoms with E-state index in [4.69, 9.17) is 4.74 Å². The summed E-state index contributed by atoms with van der Waals surface area (Å²) in [5.74, 6) is 0. The SMILES string of the molecule is COCc1ccccc1CNc1nc2ccccc2s1. The van der Waals surface area contributed by atoms with Gasteiger partial charge in [0.25, 0.3) is 0 Å². The third kappa shape index (κ3) is 2.81. The minimum absolute atomic E-state index is 0.637. The second-order valence-corrected chi connectivity index (χ2v) is 5.57. The number of para-hydroxylation sites is 1. The zero-order valence-corrected chi connectivity index (χ0v) is 12.1. The number of anilines is 1. The summed E-state index contributed by atoms with van der Waals surface area (Å²) in [6.07, 6.45) is 0.